The molecule has 0 atom stereocenters. The molecule has 0 spiro atoms. The second-order valence-electron chi connectivity index (χ2n) is 6.05. The highest BCUT2D eigenvalue weighted by atomic mass is 79.9. The molecule has 0 aliphatic carbocycles. The monoisotopic (exact) mass is 446 g/mol. The molecule has 0 radical (unpaired) electrons. The van der Waals surface area contributed by atoms with Crippen LogP contribution >= 0.6 is 15.9 Å². The molecule has 1 aliphatic heterocycles. The lowest BCUT2D eigenvalue weighted by Gasteiger charge is -2.18. The summed E-state index contributed by atoms with van der Waals surface area (Å²) in [5.74, 6) is -1.10. The average Bonchev–Trinajstić information content (AvgIpc) is 2.66. The number of nitrogens with one attached hydrogen (secondary N) is 3. The first-order valence-corrected chi connectivity index (χ1v) is 8.93. The zero-order chi connectivity index (χ0) is 19.8. The number of nitrogens with zero attached hydrogens (tertiary/aromatic N) is 1. The van der Waals surface area contributed by atoms with Crippen LogP contribution in [0.2, 0.25) is 0 Å². The highest BCUT2D eigenvalue weighted by molar-refractivity contribution is 9.10. The number of anilines is 1. The van der Waals surface area contributed by atoms with Gasteiger partial charge in [-0.3, -0.25) is 14.4 Å². The fourth-order valence-electron chi connectivity index (χ4n) is 2.78. The number of hydrogen-bond donors (Lipinski definition) is 3. The minimum Gasteiger partial charge on any atom is -0.482 e. The summed E-state index contributed by atoms with van der Waals surface area (Å²) in [6, 6.07) is 7.34. The molecule has 8 nitrogen and oxygen atoms in total. The van der Waals surface area contributed by atoms with Crippen molar-refractivity contribution in [1.82, 2.24) is 15.3 Å². The molecule has 142 valence electrons. The molecule has 0 fully saturated rings. The molecule has 2 heterocycles. The molecule has 0 saturated carbocycles. The van der Waals surface area contributed by atoms with E-state index in [2.05, 4.69) is 36.5 Å². The number of hydrogen-bond acceptors (Lipinski definition) is 5. The van der Waals surface area contributed by atoms with Crippen molar-refractivity contribution in [3.8, 4) is 5.75 Å². The number of fused-ring (bicyclic) bond motifs is 2. The normalized spacial score (nSPS) is 12.9. The Morgan fingerprint density at radius 3 is 2.93 bits per heavy atom. The van der Waals surface area contributed by atoms with Crippen molar-refractivity contribution in [2.24, 2.45) is 0 Å². The highest BCUT2D eigenvalue weighted by Gasteiger charge is 2.17. The molecular weight excluding hydrogens is 435 g/mol. The van der Waals surface area contributed by atoms with Crippen LogP contribution in [0, 0.1) is 5.82 Å². The third-order valence-corrected chi connectivity index (χ3v) is 4.68. The average molecular weight is 447 g/mol. The van der Waals surface area contributed by atoms with Gasteiger partial charge in [0.15, 0.2) is 12.4 Å². The largest absolute Gasteiger partial charge is 0.482 e. The van der Waals surface area contributed by atoms with Gasteiger partial charge in [0.25, 0.3) is 17.4 Å². The molecule has 2 amide bonds. The second-order valence-corrected chi connectivity index (χ2v) is 6.90. The lowest BCUT2D eigenvalue weighted by molar-refractivity contribution is -0.118. The summed E-state index contributed by atoms with van der Waals surface area (Å²) in [7, 11) is 0. The first-order valence-electron chi connectivity index (χ1n) is 8.13. The van der Waals surface area contributed by atoms with Crippen LogP contribution in [0.25, 0.3) is 10.9 Å². The van der Waals surface area contributed by atoms with Gasteiger partial charge in [-0.15, -0.1) is 0 Å². The smallest absolute Gasteiger partial charge is 0.287 e. The van der Waals surface area contributed by atoms with Crippen molar-refractivity contribution in [3.05, 3.63) is 62.4 Å². The third kappa shape index (κ3) is 3.46. The Labute approximate surface area is 165 Å². The molecule has 1 aliphatic rings. The molecule has 28 heavy (non-hydrogen) atoms. The van der Waals surface area contributed by atoms with Crippen LogP contribution in [-0.2, 0) is 11.3 Å². The van der Waals surface area contributed by atoms with Crippen LogP contribution < -0.4 is 20.9 Å². The lowest BCUT2D eigenvalue weighted by Crippen LogP contribution is -2.28. The van der Waals surface area contributed by atoms with Gasteiger partial charge in [-0.25, -0.2) is 9.37 Å². The van der Waals surface area contributed by atoms with E-state index in [1.807, 2.05) is 0 Å². The molecular formula is C18H12BrFN4O4. The van der Waals surface area contributed by atoms with Gasteiger partial charge in [-0.2, -0.15) is 0 Å². The number of ether oxygens (including phenoxy) is 1. The number of rotatable bonds is 3. The maximum absolute atomic E-state index is 13.5. The zero-order valence-corrected chi connectivity index (χ0v) is 15.7. The van der Waals surface area contributed by atoms with Crippen molar-refractivity contribution >= 4 is 44.3 Å². The lowest BCUT2D eigenvalue weighted by atomic mass is 10.1. The van der Waals surface area contributed by atoms with Gasteiger partial charge < -0.3 is 20.4 Å². The highest BCUT2D eigenvalue weighted by Crippen LogP contribution is 2.28. The Bertz CT molecular complexity index is 1190. The molecule has 10 heteroatoms. The topological polar surface area (TPSA) is 113 Å². The molecule has 2 aromatic carbocycles. The summed E-state index contributed by atoms with van der Waals surface area (Å²) in [5.41, 5.74) is 0.795. The van der Waals surface area contributed by atoms with E-state index in [1.165, 1.54) is 6.07 Å². The number of aromatic nitrogens is 2. The van der Waals surface area contributed by atoms with E-state index in [9.17, 15) is 18.8 Å². The molecule has 1 aromatic heterocycles. The maximum Gasteiger partial charge on any atom is 0.287 e. The van der Waals surface area contributed by atoms with E-state index < -0.39 is 17.3 Å². The first-order chi connectivity index (χ1) is 13.4. The van der Waals surface area contributed by atoms with E-state index in [1.54, 1.807) is 18.2 Å². The van der Waals surface area contributed by atoms with Gasteiger partial charge >= 0.3 is 0 Å². The van der Waals surface area contributed by atoms with Crippen LogP contribution in [0.3, 0.4) is 0 Å². The van der Waals surface area contributed by atoms with Gasteiger partial charge in [0.05, 0.1) is 16.6 Å². The summed E-state index contributed by atoms with van der Waals surface area (Å²) >= 11 is 3.15. The first kappa shape index (κ1) is 18.1. The molecule has 3 aromatic rings. The molecule has 0 unspecified atom stereocenters. The van der Waals surface area contributed by atoms with Crippen molar-refractivity contribution in [2.45, 2.75) is 6.54 Å². The predicted octanol–water partition coefficient (Wildman–Crippen LogP) is 2.09. The van der Waals surface area contributed by atoms with Crippen molar-refractivity contribution in [2.75, 3.05) is 11.9 Å². The van der Waals surface area contributed by atoms with Crippen molar-refractivity contribution < 1.29 is 18.7 Å². The zero-order valence-electron chi connectivity index (χ0n) is 14.1. The van der Waals surface area contributed by atoms with Gasteiger partial charge in [-0.05, 0) is 45.8 Å². The van der Waals surface area contributed by atoms with Gasteiger partial charge in [-0.1, -0.05) is 6.07 Å². The SMILES string of the molecule is O=C1COc2ccc(CNC(=O)c3nc4c(Br)cc(F)cc4c(=O)[nH]3)cc2N1. The van der Waals surface area contributed by atoms with Crippen LogP contribution in [0.1, 0.15) is 16.2 Å². The number of aromatic amines is 1. The maximum atomic E-state index is 13.5. The van der Waals surface area contributed by atoms with Crippen LogP contribution in [-0.4, -0.2) is 28.4 Å². The Morgan fingerprint density at radius 1 is 1.29 bits per heavy atom. The Morgan fingerprint density at radius 2 is 2.11 bits per heavy atom. The number of carbonyl (C=O) groups excluding carboxylic acids is 2. The molecule has 0 saturated heterocycles. The van der Waals surface area contributed by atoms with E-state index in [-0.39, 0.29) is 40.3 Å². The summed E-state index contributed by atoms with van der Waals surface area (Å²) in [6.45, 7) is 0.0951. The van der Waals surface area contributed by atoms with E-state index in [0.29, 0.717) is 17.0 Å². The molecule has 0 bridgehead atoms. The van der Waals surface area contributed by atoms with Gasteiger partial charge in [0, 0.05) is 11.0 Å². The number of halogens is 2. The Hall–Kier alpha value is -3.27. The summed E-state index contributed by atoms with van der Waals surface area (Å²) < 4.78 is 19.0. The van der Waals surface area contributed by atoms with E-state index in [4.69, 9.17) is 4.74 Å². The number of H-pyrrole nitrogens is 1. The summed E-state index contributed by atoms with van der Waals surface area (Å²) in [4.78, 5) is 42.4. The standard InChI is InChI=1S/C18H12BrFN4O4/c19-11-5-9(20)4-10-15(11)23-16(24-17(10)26)18(27)21-6-8-1-2-13-12(3-8)22-14(25)7-28-13/h1-5H,6-7H2,(H,21,27)(H,22,25)(H,23,24,26). The second kappa shape index (κ2) is 7.04. The van der Waals surface area contributed by atoms with E-state index >= 15 is 0 Å². The minimum atomic E-state index is -0.621. The van der Waals surface area contributed by atoms with Crippen molar-refractivity contribution in [1.29, 1.82) is 0 Å². The summed E-state index contributed by atoms with van der Waals surface area (Å²) in [6.07, 6.45) is 0. The predicted molar refractivity (Wildman–Crippen MR) is 102 cm³/mol. The number of carbonyl (C=O) groups is 2. The Balaban J connectivity index is 1.55. The third-order valence-electron chi connectivity index (χ3n) is 4.07. The van der Waals surface area contributed by atoms with Crippen molar-refractivity contribution in [3.63, 3.8) is 0 Å². The van der Waals surface area contributed by atoms with Crippen LogP contribution in [0.15, 0.2) is 39.6 Å². The van der Waals surface area contributed by atoms with Gasteiger partial charge in [0.2, 0.25) is 0 Å². The number of amides is 2. The fraction of sp³-hybridized carbons (Fsp3) is 0.111. The van der Waals surface area contributed by atoms with Crippen LogP contribution in [0.4, 0.5) is 10.1 Å². The summed E-state index contributed by atoms with van der Waals surface area (Å²) in [5, 5.41) is 5.36. The Kier molecular flexibility index (Phi) is 4.55. The van der Waals surface area contributed by atoms with Crippen LogP contribution in [0.5, 0.6) is 5.75 Å². The van der Waals surface area contributed by atoms with E-state index in [0.717, 1.165) is 6.07 Å². The van der Waals surface area contributed by atoms with Gasteiger partial charge in [0.1, 0.15) is 11.6 Å². The quantitative estimate of drug-likeness (QED) is 0.569. The fourth-order valence-corrected chi connectivity index (χ4v) is 3.30. The minimum absolute atomic E-state index is 0.0360. The molecule has 4 rings (SSSR count). The molecule has 3 N–H and O–H groups in total. The number of benzene rings is 2.